The van der Waals surface area contributed by atoms with Crippen LogP contribution < -0.4 is 0 Å². The Morgan fingerprint density at radius 3 is 2.04 bits per heavy atom. The first kappa shape index (κ1) is 34.0. The van der Waals surface area contributed by atoms with Crippen LogP contribution in [0.4, 0.5) is 35.5 Å². The fourth-order valence-electron chi connectivity index (χ4n) is 7.51. The van der Waals surface area contributed by atoms with Gasteiger partial charge in [0.05, 0.1) is 23.2 Å². The van der Waals surface area contributed by atoms with E-state index in [0.717, 1.165) is 24.9 Å². The number of hydrogen-bond acceptors (Lipinski definition) is 3. The molecule has 46 heavy (non-hydrogen) atoms. The Balaban J connectivity index is 1.44. The van der Waals surface area contributed by atoms with Crippen molar-refractivity contribution in [3.05, 3.63) is 70.0 Å². The van der Waals surface area contributed by atoms with Crippen molar-refractivity contribution in [3.8, 4) is 0 Å². The van der Waals surface area contributed by atoms with Crippen molar-refractivity contribution < 1.29 is 40.3 Å². The minimum atomic E-state index is -5.01. The van der Waals surface area contributed by atoms with Gasteiger partial charge < -0.3 is 14.7 Å². The van der Waals surface area contributed by atoms with Crippen molar-refractivity contribution in [2.45, 2.75) is 70.5 Å². The van der Waals surface area contributed by atoms with Crippen LogP contribution in [0.25, 0.3) is 0 Å². The van der Waals surface area contributed by atoms with E-state index in [1.165, 1.54) is 31.0 Å². The number of rotatable bonds is 4. The summed E-state index contributed by atoms with van der Waals surface area (Å²) in [6.07, 6.45) is -7.69. The van der Waals surface area contributed by atoms with E-state index in [0.29, 0.717) is 50.3 Å². The number of carbonyl (C=O) groups is 2. The van der Waals surface area contributed by atoms with E-state index >= 15 is 0 Å². The van der Waals surface area contributed by atoms with Gasteiger partial charge >= 0.3 is 18.4 Å². The maximum Gasteiger partial charge on any atom is 0.416 e. The molecule has 6 nitrogen and oxygen atoms in total. The molecule has 0 aromatic heterocycles. The van der Waals surface area contributed by atoms with E-state index in [2.05, 4.69) is 4.90 Å². The topological polar surface area (TPSA) is 47.1 Å². The van der Waals surface area contributed by atoms with Crippen molar-refractivity contribution in [2.75, 3.05) is 39.8 Å². The Labute approximate surface area is 264 Å². The van der Waals surface area contributed by atoms with Gasteiger partial charge in [0.2, 0.25) is 5.91 Å². The Hall–Kier alpha value is -3.35. The highest BCUT2D eigenvalue weighted by atomic mass is 19.4. The summed E-state index contributed by atoms with van der Waals surface area (Å²) in [4.78, 5) is 33.1. The van der Waals surface area contributed by atoms with E-state index in [9.17, 15) is 40.3 Å². The van der Waals surface area contributed by atoms with E-state index in [-0.39, 0.29) is 35.4 Å². The fourth-order valence-corrected chi connectivity index (χ4v) is 7.51. The van der Waals surface area contributed by atoms with Gasteiger partial charge in [0, 0.05) is 58.7 Å². The predicted octanol–water partition coefficient (Wildman–Crippen LogP) is 7.29. The van der Waals surface area contributed by atoms with Gasteiger partial charge in [-0.2, -0.15) is 26.3 Å². The van der Waals surface area contributed by atoms with Gasteiger partial charge in [0.15, 0.2) is 0 Å². The third-order valence-corrected chi connectivity index (χ3v) is 10.2. The number of piperidine rings is 2. The second-order valence-corrected chi connectivity index (χ2v) is 13.0. The van der Waals surface area contributed by atoms with Crippen LogP contribution in [0.2, 0.25) is 0 Å². The predicted molar refractivity (Wildman–Crippen MR) is 157 cm³/mol. The Bertz CT molecular complexity index is 1420. The molecule has 3 fully saturated rings. The summed E-state index contributed by atoms with van der Waals surface area (Å²) < 4.78 is 95.8. The minimum Gasteiger partial charge on any atom is -0.343 e. The fraction of sp³-hybridized carbons (Fsp3) is 0.576. The molecule has 13 heteroatoms. The molecule has 3 aliphatic heterocycles. The van der Waals surface area contributed by atoms with E-state index < -0.39 is 47.4 Å². The van der Waals surface area contributed by atoms with Gasteiger partial charge in [-0.3, -0.25) is 9.69 Å². The van der Waals surface area contributed by atoms with Gasteiger partial charge in [0.1, 0.15) is 5.82 Å². The zero-order chi connectivity index (χ0) is 33.7. The molecule has 4 atom stereocenters. The molecule has 0 radical (unpaired) electrons. The third kappa shape index (κ3) is 6.84. The Morgan fingerprint density at radius 2 is 1.50 bits per heavy atom. The van der Waals surface area contributed by atoms with E-state index in [1.54, 1.807) is 24.8 Å². The summed E-state index contributed by atoms with van der Waals surface area (Å²) in [6.45, 7) is 7.88. The smallest absolute Gasteiger partial charge is 0.343 e. The molecule has 5 rings (SSSR count). The molecule has 0 bridgehead atoms. The number of nitrogens with zero attached hydrogens (tertiary/aromatic N) is 4. The van der Waals surface area contributed by atoms with Gasteiger partial charge in [-0.05, 0) is 86.1 Å². The van der Waals surface area contributed by atoms with Gasteiger partial charge in [-0.15, -0.1) is 0 Å². The second kappa shape index (κ2) is 12.7. The van der Waals surface area contributed by atoms with Crippen molar-refractivity contribution in [1.29, 1.82) is 0 Å². The maximum atomic E-state index is 14.2. The first-order valence-electron chi connectivity index (χ1n) is 15.5. The van der Waals surface area contributed by atoms with Crippen molar-refractivity contribution in [3.63, 3.8) is 0 Å². The number of alkyl halides is 6. The number of urea groups is 1. The molecular weight excluding hydrogens is 617 g/mol. The molecule has 0 unspecified atom stereocenters. The van der Waals surface area contributed by atoms with Gasteiger partial charge in [-0.25, -0.2) is 9.18 Å². The number of halogens is 7. The summed E-state index contributed by atoms with van der Waals surface area (Å²) in [6, 6.07) is 3.94. The van der Waals surface area contributed by atoms with Crippen LogP contribution in [0.5, 0.6) is 0 Å². The summed E-state index contributed by atoms with van der Waals surface area (Å²) in [5.74, 6) is -0.174. The van der Waals surface area contributed by atoms with Gasteiger partial charge in [0.25, 0.3) is 0 Å². The largest absolute Gasteiger partial charge is 0.416 e. The highest BCUT2D eigenvalue weighted by molar-refractivity contribution is 5.76. The second-order valence-electron chi connectivity index (χ2n) is 13.0. The molecule has 3 heterocycles. The standard InChI is InChI=1S/C33H39F7N4O2/c1-19-13-26(34)5-6-28(19)30-29-18-43(27-8-10-42(11-9-27)21(3)45)17-22(29)7-12-44(30)31(46)41(4)20(2)23-14-24(32(35,36)37)16-25(15-23)33(38,39)40/h5-6,13-16,20,22,27,29-30H,7-12,17-18H2,1-4H3/t20-,22-,29-,30+/m1/s1. The molecule has 252 valence electrons. The van der Waals surface area contributed by atoms with Crippen molar-refractivity contribution >= 4 is 11.9 Å². The molecule has 0 spiro atoms. The number of carbonyl (C=O) groups excluding carboxylic acids is 2. The quantitative estimate of drug-likeness (QED) is 0.325. The zero-order valence-electron chi connectivity index (χ0n) is 26.3. The molecule has 0 saturated carbocycles. The summed E-state index contributed by atoms with van der Waals surface area (Å²) in [7, 11) is 1.38. The molecular formula is C33H39F7N4O2. The first-order chi connectivity index (χ1) is 21.5. The minimum absolute atomic E-state index is 0.0261. The van der Waals surface area contributed by atoms with Crippen LogP contribution in [-0.2, 0) is 17.1 Å². The maximum absolute atomic E-state index is 14.2. The normalized spacial score (nSPS) is 23.8. The van der Waals surface area contributed by atoms with Gasteiger partial charge in [-0.1, -0.05) is 6.07 Å². The molecule has 0 N–H and O–H groups in total. The lowest BCUT2D eigenvalue weighted by Crippen LogP contribution is -2.51. The number of benzene rings is 2. The lowest BCUT2D eigenvalue weighted by atomic mass is 9.78. The van der Waals surface area contributed by atoms with Crippen LogP contribution in [0.3, 0.4) is 0 Å². The van der Waals surface area contributed by atoms with Crippen molar-refractivity contribution in [1.82, 2.24) is 19.6 Å². The number of likely N-dealkylation sites (tertiary alicyclic amines) is 3. The summed E-state index contributed by atoms with van der Waals surface area (Å²) in [5, 5.41) is 0. The van der Waals surface area contributed by atoms with E-state index in [4.69, 9.17) is 0 Å². The average Bonchev–Trinajstić information content (AvgIpc) is 3.43. The van der Waals surface area contributed by atoms with Crippen molar-refractivity contribution in [2.24, 2.45) is 11.8 Å². The van der Waals surface area contributed by atoms with Crippen LogP contribution >= 0.6 is 0 Å². The molecule has 2 aromatic rings. The number of amides is 3. The lowest BCUT2D eigenvalue weighted by Gasteiger charge is -2.45. The SMILES string of the molecule is CC(=O)N1CCC(N2C[C@H]3CCN(C(=O)N(C)[C@H](C)c4cc(C(F)(F)F)cc(C(F)(F)F)c4)[C@@H](c4ccc(F)cc4C)[C@@H]3C2)CC1. The van der Waals surface area contributed by atoms with Crippen LogP contribution in [0, 0.1) is 24.6 Å². The monoisotopic (exact) mass is 656 g/mol. The Morgan fingerprint density at radius 1 is 0.891 bits per heavy atom. The summed E-state index contributed by atoms with van der Waals surface area (Å²) >= 11 is 0. The average molecular weight is 657 g/mol. The zero-order valence-corrected chi connectivity index (χ0v) is 26.3. The number of fused-ring (bicyclic) bond motifs is 1. The first-order valence-corrected chi connectivity index (χ1v) is 15.5. The van der Waals surface area contributed by atoms with Crippen LogP contribution in [0.15, 0.2) is 36.4 Å². The van der Waals surface area contributed by atoms with E-state index in [1.807, 2.05) is 4.90 Å². The summed E-state index contributed by atoms with van der Waals surface area (Å²) in [5.41, 5.74) is -1.75. The van der Waals surface area contributed by atoms with Crippen LogP contribution in [-0.4, -0.2) is 77.4 Å². The number of hydrogen-bond donors (Lipinski definition) is 0. The highest BCUT2D eigenvalue weighted by Gasteiger charge is 2.48. The Kier molecular flexibility index (Phi) is 9.38. The molecule has 3 amide bonds. The van der Waals surface area contributed by atoms with Crippen LogP contribution in [0.1, 0.15) is 73.0 Å². The molecule has 2 aromatic carbocycles. The molecule has 3 saturated heterocycles. The number of aryl methyl sites for hydroxylation is 1. The third-order valence-electron chi connectivity index (χ3n) is 10.2. The lowest BCUT2D eigenvalue weighted by molar-refractivity contribution is -0.143. The molecule has 3 aliphatic rings. The molecule has 0 aliphatic carbocycles. The highest BCUT2D eigenvalue weighted by Crippen LogP contribution is 2.47.